The van der Waals surface area contributed by atoms with Crippen molar-refractivity contribution in [2.24, 2.45) is 0 Å². The molecular weight excluding hydrogens is 374 g/mol. The number of halogens is 1. The molecule has 1 saturated heterocycles. The molecule has 0 radical (unpaired) electrons. The Morgan fingerprint density at radius 1 is 1.00 bits per heavy atom. The van der Waals surface area contributed by atoms with Crippen LogP contribution in [0.25, 0.3) is 5.57 Å². The maximum absolute atomic E-state index is 15.9. The van der Waals surface area contributed by atoms with Crippen LogP contribution in [0.4, 0.5) is 4.39 Å². The summed E-state index contributed by atoms with van der Waals surface area (Å²) in [4.78, 5) is 0. The van der Waals surface area contributed by atoms with E-state index in [1.807, 2.05) is 48.5 Å². The van der Waals surface area contributed by atoms with Crippen LogP contribution in [0.2, 0.25) is 0 Å². The molecule has 2 rings (SSSR count). The highest BCUT2D eigenvalue weighted by molar-refractivity contribution is 6.55. The van der Waals surface area contributed by atoms with E-state index >= 15 is 4.39 Å². The van der Waals surface area contributed by atoms with E-state index in [1.165, 1.54) is 0 Å². The Morgan fingerprint density at radius 2 is 1.48 bits per heavy atom. The summed E-state index contributed by atoms with van der Waals surface area (Å²) in [5.74, 6) is 1.03. The van der Waals surface area contributed by atoms with Gasteiger partial charge in [-0.25, -0.2) is 4.39 Å². The lowest BCUT2D eigenvalue weighted by atomic mass is 9.81. The molecule has 0 amide bonds. The van der Waals surface area contributed by atoms with E-state index in [4.69, 9.17) is 23.5 Å². The number of hydrogen-bond donors (Lipinski definition) is 0. The SMILES string of the molecule is COc1cccc(OC)c1C(CCOC(C)(C)C)=C(F)B1OC(C)(C)C(C)(C)O1. The van der Waals surface area contributed by atoms with Gasteiger partial charge < -0.3 is 23.5 Å². The zero-order valence-corrected chi connectivity index (χ0v) is 19.1. The first-order valence-electron chi connectivity index (χ1n) is 9.92. The van der Waals surface area contributed by atoms with Gasteiger partial charge in [0.15, 0.2) is 0 Å². The second kappa shape index (κ2) is 8.66. The van der Waals surface area contributed by atoms with E-state index in [0.717, 1.165) is 0 Å². The normalized spacial score (nSPS) is 19.2. The Kier molecular flexibility index (Phi) is 7.08. The molecule has 0 aromatic heterocycles. The maximum atomic E-state index is 15.9. The van der Waals surface area contributed by atoms with Gasteiger partial charge in [0.1, 0.15) is 17.2 Å². The van der Waals surface area contributed by atoms with E-state index < -0.39 is 24.0 Å². The van der Waals surface area contributed by atoms with E-state index in [2.05, 4.69) is 0 Å². The van der Waals surface area contributed by atoms with Gasteiger partial charge in [0.25, 0.3) is 0 Å². The fraction of sp³-hybridized carbons (Fsp3) is 0.636. The minimum absolute atomic E-state index is 0.309. The zero-order chi connectivity index (χ0) is 22.0. The molecule has 1 heterocycles. The first kappa shape index (κ1) is 23.7. The molecule has 0 atom stereocenters. The van der Waals surface area contributed by atoms with Crippen molar-refractivity contribution in [2.75, 3.05) is 20.8 Å². The highest BCUT2D eigenvalue weighted by Gasteiger charge is 2.53. The lowest BCUT2D eigenvalue weighted by molar-refractivity contribution is 0.000550. The Balaban J connectivity index is 2.53. The molecule has 1 aliphatic heterocycles. The largest absolute Gasteiger partial charge is 0.525 e. The molecule has 0 aliphatic carbocycles. The van der Waals surface area contributed by atoms with Crippen LogP contribution < -0.4 is 9.47 Å². The van der Waals surface area contributed by atoms with Gasteiger partial charge in [0.05, 0.1) is 43.2 Å². The van der Waals surface area contributed by atoms with Crippen molar-refractivity contribution in [3.63, 3.8) is 0 Å². The average Bonchev–Trinajstić information content (AvgIpc) is 2.84. The number of methoxy groups -OCH3 is 2. The molecule has 7 heteroatoms. The van der Waals surface area contributed by atoms with Crippen LogP contribution in [0.1, 0.15) is 60.5 Å². The van der Waals surface area contributed by atoms with E-state index in [0.29, 0.717) is 35.7 Å². The number of rotatable bonds is 7. The van der Waals surface area contributed by atoms with Crippen LogP contribution in [0.5, 0.6) is 11.5 Å². The first-order chi connectivity index (χ1) is 13.3. The molecule has 1 aromatic carbocycles. The predicted octanol–water partition coefficient (Wildman–Crippen LogP) is 5.22. The summed E-state index contributed by atoms with van der Waals surface area (Å²) < 4.78 is 44.6. The molecule has 5 nitrogen and oxygen atoms in total. The van der Waals surface area contributed by atoms with E-state index in [1.54, 1.807) is 32.4 Å². The molecule has 29 heavy (non-hydrogen) atoms. The summed E-state index contributed by atoms with van der Waals surface area (Å²) in [5.41, 5.74) is -1.19. The van der Waals surface area contributed by atoms with Crippen LogP contribution in [-0.2, 0) is 14.0 Å². The van der Waals surface area contributed by atoms with Gasteiger partial charge in [-0.2, -0.15) is 0 Å². The zero-order valence-electron chi connectivity index (χ0n) is 19.1. The van der Waals surface area contributed by atoms with Crippen molar-refractivity contribution in [3.05, 3.63) is 29.5 Å². The van der Waals surface area contributed by atoms with Gasteiger partial charge in [-0.15, -0.1) is 0 Å². The molecule has 0 spiro atoms. The van der Waals surface area contributed by atoms with Gasteiger partial charge >= 0.3 is 7.12 Å². The summed E-state index contributed by atoms with van der Waals surface area (Å²) in [5, 5.41) is 0. The quantitative estimate of drug-likeness (QED) is 0.579. The van der Waals surface area contributed by atoms with Crippen molar-refractivity contribution in [1.29, 1.82) is 0 Å². The third kappa shape index (κ3) is 5.33. The van der Waals surface area contributed by atoms with Gasteiger partial charge in [-0.1, -0.05) is 6.07 Å². The van der Waals surface area contributed by atoms with Crippen molar-refractivity contribution < 1.29 is 27.9 Å². The van der Waals surface area contributed by atoms with Crippen LogP contribution in [0, 0.1) is 0 Å². The molecular formula is C22H34BFO5. The lowest BCUT2D eigenvalue weighted by Gasteiger charge is -2.32. The van der Waals surface area contributed by atoms with E-state index in [9.17, 15) is 0 Å². The van der Waals surface area contributed by atoms with Crippen LogP contribution in [0.15, 0.2) is 23.9 Å². The Bertz CT molecular complexity index is 714. The second-order valence-electron chi connectivity index (χ2n) is 9.16. The average molecular weight is 408 g/mol. The Morgan fingerprint density at radius 3 is 1.90 bits per heavy atom. The smallest absolute Gasteiger partial charge is 0.496 e. The van der Waals surface area contributed by atoms with Gasteiger partial charge in [-0.3, -0.25) is 0 Å². The monoisotopic (exact) mass is 408 g/mol. The van der Waals surface area contributed by atoms with Crippen LogP contribution >= 0.6 is 0 Å². The van der Waals surface area contributed by atoms with E-state index in [-0.39, 0.29) is 5.60 Å². The van der Waals surface area contributed by atoms with Crippen molar-refractivity contribution in [2.45, 2.75) is 71.7 Å². The molecule has 0 N–H and O–H groups in total. The molecule has 1 aromatic rings. The summed E-state index contributed by atoms with van der Waals surface area (Å²) in [6.07, 6.45) is 0.309. The van der Waals surface area contributed by atoms with Gasteiger partial charge in [0, 0.05) is 0 Å². The minimum atomic E-state index is -1.11. The fourth-order valence-corrected chi connectivity index (χ4v) is 3.06. The number of ether oxygens (including phenoxy) is 3. The summed E-state index contributed by atoms with van der Waals surface area (Å²) in [6.45, 7) is 13.8. The van der Waals surface area contributed by atoms with Gasteiger partial charge in [-0.05, 0) is 72.6 Å². The molecule has 0 bridgehead atoms. The van der Waals surface area contributed by atoms with Crippen molar-refractivity contribution in [1.82, 2.24) is 0 Å². The molecule has 0 saturated carbocycles. The third-order valence-electron chi connectivity index (χ3n) is 5.37. The number of benzene rings is 1. The summed E-state index contributed by atoms with van der Waals surface area (Å²) >= 11 is 0. The first-order valence-corrected chi connectivity index (χ1v) is 9.92. The summed E-state index contributed by atoms with van der Waals surface area (Å²) in [7, 11) is 1.99. The van der Waals surface area contributed by atoms with Crippen molar-refractivity contribution in [3.8, 4) is 11.5 Å². The van der Waals surface area contributed by atoms with Crippen molar-refractivity contribution >= 4 is 12.7 Å². The Hall–Kier alpha value is -1.57. The fourth-order valence-electron chi connectivity index (χ4n) is 3.06. The van der Waals surface area contributed by atoms with Gasteiger partial charge in [0.2, 0.25) is 0 Å². The van der Waals surface area contributed by atoms with Crippen LogP contribution in [0.3, 0.4) is 0 Å². The van der Waals surface area contributed by atoms with Crippen LogP contribution in [-0.4, -0.2) is 44.7 Å². The minimum Gasteiger partial charge on any atom is -0.496 e. The molecule has 0 unspecified atom stereocenters. The number of hydrogen-bond acceptors (Lipinski definition) is 5. The molecule has 1 aliphatic rings. The lowest BCUT2D eigenvalue weighted by Crippen LogP contribution is -2.41. The topological polar surface area (TPSA) is 46.2 Å². The maximum Gasteiger partial charge on any atom is 0.525 e. The summed E-state index contributed by atoms with van der Waals surface area (Å²) in [6, 6.07) is 5.36. The Labute approximate surface area is 174 Å². The highest BCUT2D eigenvalue weighted by atomic mass is 19.1. The standard InChI is InChI=1S/C22H34BFO5/c1-20(2,3)27-14-13-15(18-16(25-8)11-10-12-17(18)26-9)19(24)23-28-21(4,5)22(6,7)29-23/h10-12H,13-14H2,1-9H3. The predicted molar refractivity (Wildman–Crippen MR) is 114 cm³/mol. The molecule has 1 fully saturated rings. The molecule has 162 valence electrons. The highest BCUT2D eigenvalue weighted by Crippen LogP contribution is 2.43. The third-order valence-corrected chi connectivity index (χ3v) is 5.37. The second-order valence-corrected chi connectivity index (χ2v) is 9.16.